The molecule has 0 aromatic rings. The molecule has 0 saturated carbocycles. The zero-order valence-electron chi connectivity index (χ0n) is 8.97. The maximum atomic E-state index is 5.67. The van der Waals surface area contributed by atoms with Gasteiger partial charge >= 0.3 is 0 Å². The summed E-state index contributed by atoms with van der Waals surface area (Å²) >= 11 is 0. The Morgan fingerprint density at radius 2 is 1.50 bits per heavy atom. The molecule has 2 atom stereocenters. The van der Waals surface area contributed by atoms with E-state index in [1.54, 1.807) is 0 Å². The monoisotopic (exact) mass is 172 g/mol. The van der Waals surface area contributed by atoms with E-state index in [1.165, 1.54) is 0 Å². The molecular formula is C10H20O2. The summed E-state index contributed by atoms with van der Waals surface area (Å²) in [4.78, 5) is 0. The molecule has 72 valence electrons. The molecule has 1 rings (SSSR count). The lowest BCUT2D eigenvalue weighted by molar-refractivity contribution is -0.0573. The number of epoxide rings is 1. The van der Waals surface area contributed by atoms with E-state index in [1.807, 2.05) is 0 Å². The highest BCUT2D eigenvalue weighted by Crippen LogP contribution is 2.40. The second-order valence-corrected chi connectivity index (χ2v) is 5.52. The average molecular weight is 172 g/mol. The summed E-state index contributed by atoms with van der Waals surface area (Å²) in [6, 6.07) is 0. The van der Waals surface area contributed by atoms with E-state index < -0.39 is 0 Å². The summed E-state index contributed by atoms with van der Waals surface area (Å²) in [5, 5.41) is 0. The van der Waals surface area contributed by atoms with Crippen molar-refractivity contribution in [1.82, 2.24) is 0 Å². The molecule has 0 radical (unpaired) electrons. The Bertz CT molecular complexity index is 162. The van der Waals surface area contributed by atoms with Gasteiger partial charge in [0.1, 0.15) is 6.10 Å². The van der Waals surface area contributed by atoms with E-state index >= 15 is 0 Å². The van der Waals surface area contributed by atoms with Crippen LogP contribution in [0, 0.1) is 5.41 Å². The topological polar surface area (TPSA) is 21.8 Å². The average Bonchev–Trinajstić information content (AvgIpc) is 2.37. The van der Waals surface area contributed by atoms with Crippen LogP contribution in [0.2, 0.25) is 0 Å². The molecule has 2 unspecified atom stereocenters. The first-order valence-corrected chi connectivity index (χ1v) is 4.53. The van der Waals surface area contributed by atoms with E-state index in [0.29, 0.717) is 0 Å². The van der Waals surface area contributed by atoms with Gasteiger partial charge in [0.2, 0.25) is 0 Å². The van der Waals surface area contributed by atoms with Crippen LogP contribution in [0.1, 0.15) is 41.5 Å². The van der Waals surface area contributed by atoms with Crippen molar-refractivity contribution < 1.29 is 9.47 Å². The van der Waals surface area contributed by atoms with Crippen molar-refractivity contribution in [2.45, 2.75) is 59.5 Å². The van der Waals surface area contributed by atoms with Crippen LogP contribution in [0.4, 0.5) is 0 Å². The minimum Gasteiger partial charge on any atom is -0.344 e. The van der Waals surface area contributed by atoms with Crippen molar-refractivity contribution in [2.24, 2.45) is 5.41 Å². The van der Waals surface area contributed by atoms with Crippen LogP contribution < -0.4 is 0 Å². The maximum absolute atomic E-state index is 5.67. The van der Waals surface area contributed by atoms with Gasteiger partial charge in [-0.1, -0.05) is 20.8 Å². The zero-order valence-corrected chi connectivity index (χ0v) is 8.97. The molecule has 1 saturated heterocycles. The third-order valence-electron chi connectivity index (χ3n) is 1.77. The van der Waals surface area contributed by atoms with E-state index in [9.17, 15) is 0 Å². The van der Waals surface area contributed by atoms with Gasteiger partial charge in [-0.15, -0.1) is 0 Å². The lowest BCUT2D eigenvalue weighted by Crippen LogP contribution is -2.25. The number of hydrogen-bond donors (Lipinski definition) is 0. The molecule has 2 heteroatoms. The first-order chi connectivity index (χ1) is 5.20. The Hall–Kier alpha value is -0.0800. The van der Waals surface area contributed by atoms with Gasteiger partial charge in [-0.3, -0.25) is 0 Å². The Morgan fingerprint density at radius 1 is 1.00 bits per heavy atom. The van der Waals surface area contributed by atoms with Crippen LogP contribution >= 0.6 is 0 Å². The molecule has 1 aliphatic rings. The Labute approximate surface area is 75.2 Å². The Balaban J connectivity index is 2.35. The van der Waals surface area contributed by atoms with Crippen LogP contribution in [0.15, 0.2) is 0 Å². The minimum absolute atomic E-state index is 0.0185. The third-order valence-corrected chi connectivity index (χ3v) is 1.77. The van der Waals surface area contributed by atoms with E-state index in [4.69, 9.17) is 9.47 Å². The van der Waals surface area contributed by atoms with Crippen LogP contribution in [0.3, 0.4) is 0 Å². The van der Waals surface area contributed by atoms with Crippen molar-refractivity contribution in [2.75, 3.05) is 0 Å². The number of hydrogen-bond acceptors (Lipinski definition) is 2. The van der Waals surface area contributed by atoms with Crippen molar-refractivity contribution in [3.63, 3.8) is 0 Å². The third kappa shape index (κ3) is 2.76. The molecule has 0 amide bonds. The van der Waals surface area contributed by atoms with E-state index in [0.717, 1.165) is 0 Å². The molecule has 1 aliphatic heterocycles. The fourth-order valence-electron chi connectivity index (χ4n) is 1.15. The van der Waals surface area contributed by atoms with Crippen LogP contribution in [0.5, 0.6) is 0 Å². The Kier molecular flexibility index (Phi) is 2.26. The minimum atomic E-state index is -0.0926. The van der Waals surface area contributed by atoms with Crippen molar-refractivity contribution in [3.8, 4) is 0 Å². The summed E-state index contributed by atoms with van der Waals surface area (Å²) in [6.07, 6.45) is 0.293. The summed E-state index contributed by atoms with van der Waals surface area (Å²) in [5.41, 5.74) is 0.112. The van der Waals surface area contributed by atoms with Crippen LogP contribution in [-0.4, -0.2) is 18.0 Å². The van der Waals surface area contributed by atoms with Gasteiger partial charge in [0.05, 0.1) is 5.60 Å². The summed E-state index contributed by atoms with van der Waals surface area (Å²) in [7, 11) is 0. The lowest BCUT2D eigenvalue weighted by Gasteiger charge is -2.19. The summed E-state index contributed by atoms with van der Waals surface area (Å²) in [6.45, 7) is 12.7. The van der Waals surface area contributed by atoms with E-state index in [-0.39, 0.29) is 23.4 Å². The molecule has 12 heavy (non-hydrogen) atoms. The van der Waals surface area contributed by atoms with Gasteiger partial charge in [-0.05, 0) is 26.2 Å². The quantitative estimate of drug-likeness (QED) is 0.567. The second kappa shape index (κ2) is 2.71. The first kappa shape index (κ1) is 10.0. The zero-order chi connectivity index (χ0) is 9.57. The summed E-state index contributed by atoms with van der Waals surface area (Å²) < 4.78 is 11.1. The molecule has 1 fully saturated rings. The highest BCUT2D eigenvalue weighted by atomic mass is 16.8. The molecule has 0 bridgehead atoms. The van der Waals surface area contributed by atoms with Crippen molar-refractivity contribution in [3.05, 3.63) is 0 Å². The standard InChI is InChI=1S/C10H20O2/c1-9(2,3)7-8(11-7)12-10(4,5)6/h7-8H,1-6H3. The van der Waals surface area contributed by atoms with Gasteiger partial charge in [-0.25, -0.2) is 0 Å². The molecule has 1 heterocycles. The van der Waals surface area contributed by atoms with Gasteiger partial charge < -0.3 is 9.47 Å². The molecule has 2 nitrogen and oxygen atoms in total. The first-order valence-electron chi connectivity index (χ1n) is 4.53. The molecule has 0 N–H and O–H groups in total. The van der Waals surface area contributed by atoms with E-state index in [2.05, 4.69) is 41.5 Å². The van der Waals surface area contributed by atoms with Crippen molar-refractivity contribution >= 4 is 0 Å². The summed E-state index contributed by atoms with van der Waals surface area (Å²) in [5.74, 6) is 0. The second-order valence-electron chi connectivity index (χ2n) is 5.52. The predicted octanol–water partition coefficient (Wildman–Crippen LogP) is 2.57. The number of ether oxygens (including phenoxy) is 2. The van der Waals surface area contributed by atoms with Crippen LogP contribution in [-0.2, 0) is 9.47 Å². The van der Waals surface area contributed by atoms with Crippen LogP contribution in [0.25, 0.3) is 0 Å². The lowest BCUT2D eigenvalue weighted by atomic mass is 9.92. The fraction of sp³-hybridized carbons (Fsp3) is 1.00. The molecule has 0 aromatic carbocycles. The van der Waals surface area contributed by atoms with Gasteiger partial charge in [0, 0.05) is 0 Å². The molecular weight excluding hydrogens is 152 g/mol. The smallest absolute Gasteiger partial charge is 0.185 e. The number of rotatable bonds is 1. The SMILES string of the molecule is CC(C)(C)OC1OC1C(C)(C)C. The highest BCUT2D eigenvalue weighted by molar-refractivity contribution is 4.89. The fourth-order valence-corrected chi connectivity index (χ4v) is 1.15. The molecule has 0 spiro atoms. The van der Waals surface area contributed by atoms with Gasteiger partial charge in [-0.2, -0.15) is 0 Å². The molecule has 0 aliphatic carbocycles. The highest BCUT2D eigenvalue weighted by Gasteiger charge is 2.49. The largest absolute Gasteiger partial charge is 0.344 e. The molecule has 0 aromatic heterocycles. The Morgan fingerprint density at radius 3 is 1.75 bits per heavy atom. The van der Waals surface area contributed by atoms with Crippen molar-refractivity contribution in [1.29, 1.82) is 0 Å². The maximum Gasteiger partial charge on any atom is 0.185 e. The van der Waals surface area contributed by atoms with Gasteiger partial charge in [0.15, 0.2) is 6.29 Å². The normalized spacial score (nSPS) is 30.5. The van der Waals surface area contributed by atoms with Gasteiger partial charge in [0.25, 0.3) is 0 Å². The predicted molar refractivity (Wildman–Crippen MR) is 49.0 cm³/mol.